The van der Waals surface area contributed by atoms with E-state index in [4.69, 9.17) is 11.6 Å². The summed E-state index contributed by atoms with van der Waals surface area (Å²) in [4.78, 5) is 4.66. The minimum Gasteiger partial charge on any atom is -0.358 e. The number of anilines is 1. The van der Waals surface area contributed by atoms with Gasteiger partial charge in [0.25, 0.3) is 0 Å². The second kappa shape index (κ2) is 4.95. The molecule has 2 aromatic rings. The third-order valence-corrected chi connectivity index (χ3v) is 5.63. The third kappa shape index (κ3) is 2.59. The lowest BCUT2D eigenvalue weighted by Crippen LogP contribution is -2.38. The van der Waals surface area contributed by atoms with Gasteiger partial charge in [-0.15, -0.1) is 0 Å². The predicted molar refractivity (Wildman–Crippen MR) is 84.3 cm³/mol. The van der Waals surface area contributed by atoms with Crippen LogP contribution < -0.4 is 5.32 Å². The molecule has 1 atom stereocenters. The summed E-state index contributed by atoms with van der Waals surface area (Å²) in [6.07, 6.45) is 5.18. The molecule has 0 bridgehead atoms. The summed E-state index contributed by atoms with van der Waals surface area (Å²) in [6, 6.07) is 6.42. The van der Waals surface area contributed by atoms with Gasteiger partial charge in [-0.3, -0.25) is 0 Å². The van der Waals surface area contributed by atoms with Crippen LogP contribution >= 0.6 is 22.9 Å². The molecule has 102 valence electrons. The molecule has 1 saturated carbocycles. The summed E-state index contributed by atoms with van der Waals surface area (Å²) in [5.74, 6) is 0. The highest BCUT2D eigenvalue weighted by atomic mass is 35.5. The Hall–Kier alpha value is -0.800. The van der Waals surface area contributed by atoms with E-state index in [0.717, 1.165) is 20.4 Å². The molecular formula is C15H19ClN2S. The Morgan fingerprint density at radius 3 is 2.95 bits per heavy atom. The number of halogens is 1. The van der Waals surface area contributed by atoms with Gasteiger partial charge in [-0.2, -0.15) is 0 Å². The number of thiazole rings is 1. The zero-order valence-corrected chi connectivity index (χ0v) is 12.9. The minimum absolute atomic E-state index is 0.347. The second-order valence-corrected chi connectivity index (χ2v) is 7.44. The molecule has 1 heterocycles. The van der Waals surface area contributed by atoms with Gasteiger partial charge in [0.05, 0.1) is 15.2 Å². The van der Waals surface area contributed by atoms with E-state index in [9.17, 15) is 0 Å². The molecule has 0 radical (unpaired) electrons. The van der Waals surface area contributed by atoms with E-state index in [1.807, 2.05) is 18.2 Å². The standard InChI is InChI=1S/C15H19ClN2S/c1-15(2)9-4-3-8-12(15)18-14-17-11-7-5-6-10(16)13(11)19-14/h5-7,12H,3-4,8-9H2,1-2H3,(H,17,18). The highest BCUT2D eigenvalue weighted by Gasteiger charge is 2.32. The number of rotatable bonds is 2. The molecule has 1 aliphatic carbocycles. The van der Waals surface area contributed by atoms with Crippen molar-refractivity contribution >= 4 is 38.3 Å². The van der Waals surface area contributed by atoms with Gasteiger partial charge >= 0.3 is 0 Å². The molecular weight excluding hydrogens is 276 g/mol. The molecule has 0 amide bonds. The van der Waals surface area contributed by atoms with Crippen LogP contribution in [-0.4, -0.2) is 11.0 Å². The molecule has 1 aliphatic rings. The predicted octanol–water partition coefficient (Wildman–Crippen LogP) is 5.33. The van der Waals surface area contributed by atoms with Crippen molar-refractivity contribution in [2.24, 2.45) is 5.41 Å². The lowest BCUT2D eigenvalue weighted by Gasteiger charge is -2.38. The van der Waals surface area contributed by atoms with Gasteiger partial charge in [0.1, 0.15) is 0 Å². The normalized spacial score (nSPS) is 22.6. The lowest BCUT2D eigenvalue weighted by molar-refractivity contribution is 0.217. The maximum atomic E-state index is 6.21. The van der Waals surface area contributed by atoms with Gasteiger partial charge in [0.2, 0.25) is 0 Å². The van der Waals surface area contributed by atoms with Crippen molar-refractivity contribution in [1.82, 2.24) is 4.98 Å². The van der Waals surface area contributed by atoms with E-state index in [-0.39, 0.29) is 0 Å². The number of fused-ring (bicyclic) bond motifs is 1. The molecule has 1 aromatic heterocycles. The molecule has 4 heteroatoms. The van der Waals surface area contributed by atoms with Crippen molar-refractivity contribution < 1.29 is 0 Å². The van der Waals surface area contributed by atoms with Gasteiger partial charge in [0, 0.05) is 6.04 Å². The van der Waals surface area contributed by atoms with Crippen molar-refractivity contribution in [2.75, 3.05) is 5.32 Å². The Kier molecular flexibility index (Phi) is 3.44. The first-order valence-electron chi connectivity index (χ1n) is 6.88. The topological polar surface area (TPSA) is 24.9 Å². The van der Waals surface area contributed by atoms with Crippen molar-refractivity contribution in [3.05, 3.63) is 23.2 Å². The summed E-state index contributed by atoms with van der Waals surface area (Å²) in [5, 5.41) is 5.44. The fourth-order valence-corrected chi connectivity index (χ4v) is 4.10. The zero-order chi connectivity index (χ0) is 13.5. The van der Waals surface area contributed by atoms with Crippen molar-refractivity contribution in [3.8, 4) is 0 Å². The number of hydrogen-bond acceptors (Lipinski definition) is 3. The molecule has 0 spiro atoms. The molecule has 0 saturated heterocycles. The van der Waals surface area contributed by atoms with E-state index >= 15 is 0 Å². The van der Waals surface area contributed by atoms with Crippen LogP contribution in [-0.2, 0) is 0 Å². The smallest absolute Gasteiger partial charge is 0.184 e. The number of benzene rings is 1. The maximum Gasteiger partial charge on any atom is 0.184 e. The zero-order valence-electron chi connectivity index (χ0n) is 11.4. The third-order valence-electron chi connectivity index (χ3n) is 4.17. The van der Waals surface area contributed by atoms with Crippen molar-refractivity contribution in [2.45, 2.75) is 45.6 Å². The Balaban J connectivity index is 1.87. The number of nitrogens with one attached hydrogen (secondary N) is 1. The largest absolute Gasteiger partial charge is 0.358 e. The number of hydrogen-bond donors (Lipinski definition) is 1. The van der Waals surface area contributed by atoms with Crippen LogP contribution in [0.2, 0.25) is 5.02 Å². The van der Waals surface area contributed by atoms with Crippen LogP contribution in [0, 0.1) is 5.41 Å². The SMILES string of the molecule is CC1(C)CCCCC1Nc1nc2cccc(Cl)c2s1. The Morgan fingerprint density at radius 1 is 1.37 bits per heavy atom. The molecule has 0 aliphatic heterocycles. The van der Waals surface area contributed by atoms with Crippen LogP contribution in [0.1, 0.15) is 39.5 Å². The molecule has 1 aromatic carbocycles. The first-order valence-corrected chi connectivity index (χ1v) is 8.07. The van der Waals surface area contributed by atoms with E-state index in [0.29, 0.717) is 11.5 Å². The van der Waals surface area contributed by atoms with E-state index in [1.54, 1.807) is 11.3 Å². The van der Waals surface area contributed by atoms with Crippen LogP contribution in [0.3, 0.4) is 0 Å². The van der Waals surface area contributed by atoms with Crippen LogP contribution in [0.5, 0.6) is 0 Å². The summed E-state index contributed by atoms with van der Waals surface area (Å²) in [6.45, 7) is 4.70. The van der Waals surface area contributed by atoms with Gasteiger partial charge in [-0.25, -0.2) is 4.98 Å². The summed E-state index contributed by atoms with van der Waals surface area (Å²) in [5.41, 5.74) is 1.34. The molecule has 19 heavy (non-hydrogen) atoms. The molecule has 3 rings (SSSR count). The Labute approximate surface area is 123 Å². The van der Waals surface area contributed by atoms with Crippen LogP contribution in [0.4, 0.5) is 5.13 Å². The first kappa shape index (κ1) is 13.2. The average molecular weight is 295 g/mol. The van der Waals surface area contributed by atoms with Crippen molar-refractivity contribution in [1.29, 1.82) is 0 Å². The van der Waals surface area contributed by atoms with Gasteiger partial charge in [0.15, 0.2) is 5.13 Å². The average Bonchev–Trinajstić information content (AvgIpc) is 2.76. The molecule has 1 fully saturated rings. The molecule has 1 N–H and O–H groups in total. The van der Waals surface area contributed by atoms with Crippen LogP contribution in [0.25, 0.3) is 10.2 Å². The van der Waals surface area contributed by atoms with Crippen LogP contribution in [0.15, 0.2) is 18.2 Å². The maximum absolute atomic E-state index is 6.21. The minimum atomic E-state index is 0.347. The Morgan fingerprint density at radius 2 is 2.21 bits per heavy atom. The van der Waals surface area contributed by atoms with Crippen molar-refractivity contribution in [3.63, 3.8) is 0 Å². The van der Waals surface area contributed by atoms with E-state index < -0.39 is 0 Å². The second-order valence-electron chi connectivity index (χ2n) is 6.04. The highest BCUT2D eigenvalue weighted by Crippen LogP contribution is 2.39. The van der Waals surface area contributed by atoms with E-state index in [2.05, 4.69) is 24.1 Å². The summed E-state index contributed by atoms with van der Waals surface area (Å²) in [7, 11) is 0. The van der Waals surface area contributed by atoms with Gasteiger partial charge in [-0.05, 0) is 30.4 Å². The quantitative estimate of drug-likeness (QED) is 0.809. The monoisotopic (exact) mass is 294 g/mol. The Bertz CT molecular complexity index is 591. The van der Waals surface area contributed by atoms with Gasteiger partial charge < -0.3 is 5.32 Å². The van der Waals surface area contributed by atoms with E-state index in [1.165, 1.54) is 25.7 Å². The fourth-order valence-electron chi connectivity index (χ4n) is 2.89. The molecule has 1 unspecified atom stereocenters. The van der Waals surface area contributed by atoms with Gasteiger partial charge in [-0.1, -0.05) is 55.7 Å². The fraction of sp³-hybridized carbons (Fsp3) is 0.533. The summed E-state index contributed by atoms with van der Waals surface area (Å²) < 4.78 is 1.08. The first-order chi connectivity index (χ1) is 9.06. The number of aromatic nitrogens is 1. The molecule has 2 nitrogen and oxygen atoms in total. The lowest BCUT2D eigenvalue weighted by atomic mass is 9.73. The number of nitrogens with zero attached hydrogens (tertiary/aromatic N) is 1. The summed E-state index contributed by atoms with van der Waals surface area (Å²) >= 11 is 7.88. The highest BCUT2D eigenvalue weighted by molar-refractivity contribution is 7.22.